The quantitative estimate of drug-likeness (QED) is 0.465. The molecule has 0 fully saturated rings. The molecule has 3 aromatic carbocycles. The fourth-order valence-electron chi connectivity index (χ4n) is 3.07. The Morgan fingerprint density at radius 2 is 1.68 bits per heavy atom. The van der Waals surface area contributed by atoms with Crippen LogP contribution >= 0.6 is 23.2 Å². The number of nitriles is 1. The van der Waals surface area contributed by atoms with E-state index in [1.54, 1.807) is 24.3 Å². The highest BCUT2D eigenvalue weighted by atomic mass is 35.5. The number of carbonyl (C=O) groups excluding carboxylic acids is 1. The van der Waals surface area contributed by atoms with Crippen LogP contribution in [-0.2, 0) is 4.79 Å². The van der Waals surface area contributed by atoms with Crippen molar-refractivity contribution in [1.82, 2.24) is 0 Å². The molecule has 3 rings (SSSR count). The van der Waals surface area contributed by atoms with Gasteiger partial charge in [0.2, 0.25) is 0 Å². The van der Waals surface area contributed by atoms with Crippen LogP contribution in [0.15, 0.2) is 66.7 Å². The molecule has 0 aliphatic rings. The molecule has 28 heavy (non-hydrogen) atoms. The van der Waals surface area contributed by atoms with E-state index in [2.05, 4.69) is 11.4 Å². The third kappa shape index (κ3) is 5.13. The molecule has 0 aromatic heterocycles. The van der Waals surface area contributed by atoms with Crippen LogP contribution in [0.1, 0.15) is 23.5 Å². The van der Waals surface area contributed by atoms with Crippen molar-refractivity contribution in [2.24, 2.45) is 0 Å². The summed E-state index contributed by atoms with van der Waals surface area (Å²) in [6.07, 6.45) is 1.34. The second kappa shape index (κ2) is 9.41. The van der Waals surface area contributed by atoms with Crippen LogP contribution in [-0.4, -0.2) is 12.8 Å². The zero-order valence-electron chi connectivity index (χ0n) is 15.0. The van der Waals surface area contributed by atoms with E-state index in [0.717, 1.165) is 28.7 Å². The monoisotopic (exact) mass is 408 g/mol. The third-order valence-electron chi connectivity index (χ3n) is 4.50. The average Bonchev–Trinajstić information content (AvgIpc) is 2.70. The Morgan fingerprint density at radius 3 is 2.32 bits per heavy atom. The number of hydrogen-bond donors (Lipinski definition) is 1. The van der Waals surface area contributed by atoms with Gasteiger partial charge >= 0.3 is 0 Å². The highest BCUT2D eigenvalue weighted by molar-refractivity contribution is 6.35. The number of nitrogens with one attached hydrogen (secondary N) is 1. The first-order valence-corrected chi connectivity index (χ1v) is 9.58. The van der Waals surface area contributed by atoms with Crippen LogP contribution in [0.5, 0.6) is 0 Å². The van der Waals surface area contributed by atoms with E-state index in [1.807, 2.05) is 42.5 Å². The van der Waals surface area contributed by atoms with Crippen molar-refractivity contribution in [2.45, 2.75) is 12.3 Å². The first kappa shape index (κ1) is 19.9. The molecule has 0 radical (unpaired) electrons. The van der Waals surface area contributed by atoms with Gasteiger partial charge in [0, 0.05) is 34.6 Å². The molecule has 0 saturated heterocycles. The molecule has 0 aliphatic heterocycles. The van der Waals surface area contributed by atoms with E-state index in [1.165, 1.54) is 0 Å². The largest absolute Gasteiger partial charge is 0.384 e. The lowest BCUT2D eigenvalue weighted by Crippen LogP contribution is -2.13. The molecule has 0 aliphatic carbocycles. The summed E-state index contributed by atoms with van der Waals surface area (Å²) >= 11 is 12.1. The van der Waals surface area contributed by atoms with E-state index in [-0.39, 0.29) is 5.92 Å². The number of halogens is 2. The Balaban J connectivity index is 1.76. The van der Waals surface area contributed by atoms with Gasteiger partial charge in [0.25, 0.3) is 0 Å². The number of rotatable bonds is 7. The van der Waals surface area contributed by atoms with Gasteiger partial charge in [-0.05, 0) is 47.0 Å². The first-order chi connectivity index (χ1) is 13.6. The minimum absolute atomic E-state index is 0.0229. The van der Waals surface area contributed by atoms with Crippen LogP contribution in [0.4, 0.5) is 5.69 Å². The van der Waals surface area contributed by atoms with E-state index >= 15 is 0 Å². The number of nitrogens with zero attached hydrogens (tertiary/aromatic N) is 1. The van der Waals surface area contributed by atoms with Gasteiger partial charge in [0.15, 0.2) is 0 Å². The number of benzene rings is 3. The molecule has 140 valence electrons. The van der Waals surface area contributed by atoms with Gasteiger partial charge in [-0.1, -0.05) is 59.6 Å². The first-order valence-electron chi connectivity index (χ1n) is 8.83. The smallest absolute Gasteiger partial charge is 0.120 e. The summed E-state index contributed by atoms with van der Waals surface area (Å²) in [5, 5.41) is 13.5. The van der Waals surface area contributed by atoms with Gasteiger partial charge in [-0.3, -0.25) is 0 Å². The highest BCUT2D eigenvalue weighted by Gasteiger charge is 2.12. The predicted octanol–water partition coefficient (Wildman–Crippen LogP) is 6.32. The maximum absolute atomic E-state index is 11.2. The molecule has 3 nitrogen and oxygen atoms in total. The van der Waals surface area contributed by atoms with Crippen molar-refractivity contribution in [3.63, 3.8) is 0 Å². The Labute approximate surface area is 174 Å². The Hall–Kier alpha value is -2.80. The van der Waals surface area contributed by atoms with Gasteiger partial charge in [-0.15, -0.1) is 0 Å². The number of anilines is 1. The van der Waals surface area contributed by atoms with Crippen molar-refractivity contribution >= 4 is 35.2 Å². The number of carbonyl (C=O) groups is 1. The van der Waals surface area contributed by atoms with E-state index in [0.29, 0.717) is 28.6 Å². The summed E-state index contributed by atoms with van der Waals surface area (Å²) in [6, 6.07) is 23.0. The minimum Gasteiger partial charge on any atom is -0.384 e. The maximum Gasteiger partial charge on any atom is 0.120 e. The lowest BCUT2D eigenvalue weighted by atomic mass is 9.93. The Bertz CT molecular complexity index is 990. The summed E-state index contributed by atoms with van der Waals surface area (Å²) < 4.78 is 0. The van der Waals surface area contributed by atoms with Crippen LogP contribution in [0.2, 0.25) is 10.0 Å². The van der Waals surface area contributed by atoms with Gasteiger partial charge in [0.05, 0.1) is 11.6 Å². The van der Waals surface area contributed by atoms with Gasteiger partial charge in [0.1, 0.15) is 6.29 Å². The molecular formula is C23H18Cl2N2O. The lowest BCUT2D eigenvalue weighted by molar-refractivity contribution is -0.108. The van der Waals surface area contributed by atoms with Crippen LogP contribution < -0.4 is 5.32 Å². The van der Waals surface area contributed by atoms with Crippen LogP contribution in [0.3, 0.4) is 0 Å². The molecule has 1 N–H and O–H groups in total. The highest BCUT2D eigenvalue weighted by Crippen LogP contribution is 2.27. The second-order valence-electron chi connectivity index (χ2n) is 6.45. The molecule has 3 aromatic rings. The zero-order chi connectivity index (χ0) is 19.9. The van der Waals surface area contributed by atoms with Crippen LogP contribution in [0.25, 0.3) is 11.1 Å². The van der Waals surface area contributed by atoms with E-state index < -0.39 is 0 Å². The summed E-state index contributed by atoms with van der Waals surface area (Å²) in [5.74, 6) is 0.0229. The third-order valence-corrected chi connectivity index (χ3v) is 4.94. The molecule has 0 saturated carbocycles. The standard InChI is InChI=1S/C23H18Cl2N2O/c24-21-11-22(25)13-23(12-21)27-15-20(8-9-28)18-6-4-17(5-7-18)19-3-1-2-16(10-19)14-26/h1-7,9-13,20,27H,8,15H2. The normalized spacial score (nSPS) is 11.5. The van der Waals surface area contributed by atoms with Crippen molar-refractivity contribution in [3.8, 4) is 17.2 Å². The fraction of sp³-hybridized carbons (Fsp3) is 0.130. The molecule has 5 heteroatoms. The lowest BCUT2D eigenvalue weighted by Gasteiger charge is -2.17. The van der Waals surface area contributed by atoms with Crippen molar-refractivity contribution in [3.05, 3.63) is 87.9 Å². The summed E-state index contributed by atoms with van der Waals surface area (Å²) in [5.41, 5.74) is 4.53. The summed E-state index contributed by atoms with van der Waals surface area (Å²) in [4.78, 5) is 11.2. The Morgan fingerprint density at radius 1 is 0.964 bits per heavy atom. The Kier molecular flexibility index (Phi) is 6.71. The predicted molar refractivity (Wildman–Crippen MR) is 115 cm³/mol. The van der Waals surface area contributed by atoms with Crippen molar-refractivity contribution < 1.29 is 4.79 Å². The average molecular weight is 409 g/mol. The maximum atomic E-state index is 11.2. The van der Waals surface area contributed by atoms with Crippen LogP contribution in [0, 0.1) is 11.3 Å². The topological polar surface area (TPSA) is 52.9 Å². The van der Waals surface area contributed by atoms with Gasteiger partial charge < -0.3 is 10.1 Å². The van der Waals surface area contributed by atoms with E-state index in [4.69, 9.17) is 28.5 Å². The summed E-state index contributed by atoms with van der Waals surface area (Å²) in [7, 11) is 0. The van der Waals surface area contributed by atoms with Gasteiger partial charge in [-0.25, -0.2) is 0 Å². The molecule has 0 amide bonds. The molecule has 0 spiro atoms. The minimum atomic E-state index is 0.0229. The fourth-order valence-corrected chi connectivity index (χ4v) is 3.59. The summed E-state index contributed by atoms with van der Waals surface area (Å²) in [6.45, 7) is 0.582. The van der Waals surface area contributed by atoms with Crippen molar-refractivity contribution in [1.29, 1.82) is 5.26 Å². The molecule has 1 unspecified atom stereocenters. The van der Waals surface area contributed by atoms with Gasteiger partial charge in [-0.2, -0.15) is 5.26 Å². The number of hydrogen-bond acceptors (Lipinski definition) is 3. The number of aldehydes is 1. The SMILES string of the molecule is N#Cc1cccc(-c2ccc(C(CC=O)CNc3cc(Cl)cc(Cl)c3)cc2)c1. The molecule has 0 heterocycles. The van der Waals surface area contributed by atoms with E-state index in [9.17, 15) is 4.79 Å². The molecule has 0 bridgehead atoms. The van der Waals surface area contributed by atoms with Crippen molar-refractivity contribution in [2.75, 3.05) is 11.9 Å². The molecular weight excluding hydrogens is 391 g/mol. The zero-order valence-corrected chi connectivity index (χ0v) is 16.5. The molecule has 1 atom stereocenters. The second-order valence-corrected chi connectivity index (χ2v) is 7.33.